The number of nitriles is 1. The van der Waals surface area contributed by atoms with Crippen LogP contribution >= 0.6 is 11.3 Å². The smallest absolute Gasteiger partial charge is 0.125 e. The number of nitrogens with zero attached hydrogens (tertiary/aromatic N) is 3. The summed E-state index contributed by atoms with van der Waals surface area (Å²) in [4.78, 5) is 10.1. The summed E-state index contributed by atoms with van der Waals surface area (Å²) in [7, 11) is 0. The predicted octanol–water partition coefficient (Wildman–Crippen LogP) is 3.76. The van der Waals surface area contributed by atoms with E-state index in [0.717, 1.165) is 22.7 Å². The van der Waals surface area contributed by atoms with Crippen molar-refractivity contribution in [3.8, 4) is 16.6 Å². The molecule has 2 aromatic heterocycles. The highest BCUT2D eigenvalue weighted by atomic mass is 32.1. The van der Waals surface area contributed by atoms with Crippen molar-refractivity contribution in [1.29, 1.82) is 5.26 Å². The Kier molecular flexibility index (Phi) is 3.73. The van der Waals surface area contributed by atoms with Crippen molar-refractivity contribution in [3.05, 3.63) is 34.6 Å². The molecule has 0 N–H and O–H groups in total. The van der Waals surface area contributed by atoms with Crippen molar-refractivity contribution < 1.29 is 0 Å². The molecule has 0 bridgehead atoms. The van der Waals surface area contributed by atoms with Gasteiger partial charge >= 0.3 is 0 Å². The molecule has 2 aromatic rings. The Morgan fingerprint density at radius 2 is 2.17 bits per heavy atom. The summed E-state index contributed by atoms with van der Waals surface area (Å²) in [6.07, 6.45) is 4.28. The first-order valence-electron chi connectivity index (χ1n) is 6.00. The zero-order chi connectivity index (χ0) is 13.1. The van der Waals surface area contributed by atoms with E-state index in [1.165, 1.54) is 4.88 Å². The van der Waals surface area contributed by atoms with Crippen LogP contribution in [-0.2, 0) is 6.42 Å². The van der Waals surface area contributed by atoms with Crippen LogP contribution in [0.25, 0.3) is 10.6 Å². The molecule has 3 nitrogen and oxygen atoms in total. The molecule has 4 heteroatoms. The fourth-order valence-corrected chi connectivity index (χ4v) is 2.95. The number of hydrogen-bond donors (Lipinski definition) is 0. The molecule has 0 atom stereocenters. The van der Waals surface area contributed by atoms with Crippen molar-refractivity contribution >= 4 is 11.3 Å². The topological polar surface area (TPSA) is 49.6 Å². The number of rotatable bonds is 3. The lowest BCUT2D eigenvalue weighted by Crippen LogP contribution is -1.90. The first kappa shape index (κ1) is 12.7. The van der Waals surface area contributed by atoms with Gasteiger partial charge in [-0.2, -0.15) is 5.26 Å². The third kappa shape index (κ3) is 2.41. The van der Waals surface area contributed by atoms with Crippen LogP contribution in [0.2, 0.25) is 0 Å². The van der Waals surface area contributed by atoms with Crippen LogP contribution in [0.5, 0.6) is 0 Å². The molecular formula is C14H15N3S. The normalized spacial score (nSPS) is 10.6. The molecule has 0 amide bonds. The van der Waals surface area contributed by atoms with E-state index in [9.17, 15) is 0 Å². The summed E-state index contributed by atoms with van der Waals surface area (Å²) in [6, 6.07) is 3.95. The van der Waals surface area contributed by atoms with Crippen LogP contribution in [0, 0.1) is 11.3 Å². The lowest BCUT2D eigenvalue weighted by atomic mass is 10.1. The van der Waals surface area contributed by atoms with Crippen LogP contribution in [0.4, 0.5) is 0 Å². The highest BCUT2D eigenvalue weighted by molar-refractivity contribution is 7.15. The molecule has 0 aliphatic heterocycles. The van der Waals surface area contributed by atoms with Crippen LogP contribution < -0.4 is 0 Å². The van der Waals surface area contributed by atoms with Crippen LogP contribution in [0.1, 0.15) is 42.8 Å². The van der Waals surface area contributed by atoms with Crippen molar-refractivity contribution in [2.45, 2.75) is 33.1 Å². The second-order valence-electron chi connectivity index (χ2n) is 4.41. The summed E-state index contributed by atoms with van der Waals surface area (Å²) in [5.41, 5.74) is 2.67. The van der Waals surface area contributed by atoms with E-state index in [0.29, 0.717) is 11.5 Å². The van der Waals surface area contributed by atoms with E-state index in [2.05, 4.69) is 36.8 Å². The molecule has 18 heavy (non-hydrogen) atoms. The molecule has 0 aliphatic rings. The number of aromatic nitrogens is 2. The van der Waals surface area contributed by atoms with Crippen molar-refractivity contribution in [1.82, 2.24) is 9.97 Å². The maximum Gasteiger partial charge on any atom is 0.125 e. The van der Waals surface area contributed by atoms with Gasteiger partial charge in [-0.15, -0.1) is 11.3 Å². The van der Waals surface area contributed by atoms with Gasteiger partial charge in [0.2, 0.25) is 0 Å². The fraction of sp³-hybridized carbons (Fsp3) is 0.357. The Morgan fingerprint density at radius 3 is 2.72 bits per heavy atom. The highest BCUT2D eigenvalue weighted by Gasteiger charge is 2.14. The second-order valence-corrected chi connectivity index (χ2v) is 5.44. The van der Waals surface area contributed by atoms with Gasteiger partial charge in [0.15, 0.2) is 0 Å². The molecular weight excluding hydrogens is 242 g/mol. The fourth-order valence-electron chi connectivity index (χ4n) is 1.81. The summed E-state index contributed by atoms with van der Waals surface area (Å²) in [6.45, 7) is 6.48. The second kappa shape index (κ2) is 5.28. The molecule has 0 spiro atoms. The lowest BCUT2D eigenvalue weighted by Gasteiger charge is -2.01. The van der Waals surface area contributed by atoms with Crippen molar-refractivity contribution in [3.63, 3.8) is 0 Å². The van der Waals surface area contributed by atoms with Gasteiger partial charge in [0.25, 0.3) is 0 Å². The van der Waals surface area contributed by atoms with E-state index in [1.54, 1.807) is 23.7 Å². The Hall–Kier alpha value is -1.73. The first-order chi connectivity index (χ1) is 8.65. The number of thiazole rings is 1. The molecule has 2 heterocycles. The quantitative estimate of drug-likeness (QED) is 0.841. The summed E-state index contributed by atoms with van der Waals surface area (Å²) in [5, 5.41) is 9.85. The van der Waals surface area contributed by atoms with Crippen LogP contribution in [0.15, 0.2) is 18.5 Å². The number of pyridine rings is 1. The van der Waals surface area contributed by atoms with E-state index in [1.807, 2.05) is 6.07 Å². The Balaban J connectivity index is 2.48. The van der Waals surface area contributed by atoms with Crippen molar-refractivity contribution in [2.24, 2.45) is 0 Å². The zero-order valence-electron chi connectivity index (χ0n) is 10.8. The molecule has 0 radical (unpaired) electrons. The third-order valence-corrected chi connectivity index (χ3v) is 4.15. The number of aryl methyl sites for hydroxylation is 1. The SMILES string of the molecule is CCc1nc(-c2cncc(C#N)c2)sc1C(C)C. The maximum absolute atomic E-state index is 8.90. The zero-order valence-corrected chi connectivity index (χ0v) is 11.6. The van der Waals surface area contributed by atoms with Gasteiger partial charge < -0.3 is 0 Å². The standard InChI is InChI=1S/C14H15N3S/c1-4-12-13(9(2)3)18-14(17-12)11-5-10(6-15)7-16-8-11/h5,7-9H,4H2,1-3H3. The Morgan fingerprint density at radius 1 is 1.39 bits per heavy atom. The van der Waals surface area contributed by atoms with Crippen LogP contribution in [-0.4, -0.2) is 9.97 Å². The Labute approximate surface area is 111 Å². The average molecular weight is 257 g/mol. The van der Waals surface area contributed by atoms with E-state index < -0.39 is 0 Å². The van der Waals surface area contributed by atoms with Gasteiger partial charge in [-0.05, 0) is 18.4 Å². The van der Waals surface area contributed by atoms with Gasteiger partial charge in [-0.25, -0.2) is 4.98 Å². The number of hydrogen-bond acceptors (Lipinski definition) is 4. The van der Waals surface area contributed by atoms with E-state index >= 15 is 0 Å². The molecule has 0 saturated heterocycles. The summed E-state index contributed by atoms with van der Waals surface area (Å²) in [5.74, 6) is 0.485. The molecule has 92 valence electrons. The third-order valence-electron chi connectivity index (χ3n) is 2.70. The first-order valence-corrected chi connectivity index (χ1v) is 6.82. The molecule has 2 rings (SSSR count). The largest absolute Gasteiger partial charge is 0.263 e. The van der Waals surface area contributed by atoms with Gasteiger partial charge in [0.1, 0.15) is 11.1 Å². The van der Waals surface area contributed by atoms with Gasteiger partial charge in [-0.1, -0.05) is 20.8 Å². The molecule has 0 aliphatic carbocycles. The van der Waals surface area contributed by atoms with E-state index in [-0.39, 0.29) is 0 Å². The molecule has 0 unspecified atom stereocenters. The molecule has 0 aromatic carbocycles. The minimum Gasteiger partial charge on any atom is -0.263 e. The van der Waals surface area contributed by atoms with Gasteiger partial charge in [-0.3, -0.25) is 4.98 Å². The summed E-state index contributed by atoms with van der Waals surface area (Å²) >= 11 is 1.70. The maximum atomic E-state index is 8.90. The van der Waals surface area contributed by atoms with Gasteiger partial charge in [0, 0.05) is 22.8 Å². The molecule has 0 fully saturated rings. The van der Waals surface area contributed by atoms with Crippen molar-refractivity contribution in [2.75, 3.05) is 0 Å². The predicted molar refractivity (Wildman–Crippen MR) is 73.5 cm³/mol. The monoisotopic (exact) mass is 257 g/mol. The lowest BCUT2D eigenvalue weighted by molar-refractivity contribution is 0.856. The molecule has 0 saturated carbocycles. The minimum atomic E-state index is 0.485. The Bertz CT molecular complexity index is 593. The van der Waals surface area contributed by atoms with E-state index in [4.69, 9.17) is 5.26 Å². The average Bonchev–Trinajstić information content (AvgIpc) is 2.83. The highest BCUT2D eigenvalue weighted by Crippen LogP contribution is 2.32. The van der Waals surface area contributed by atoms with Gasteiger partial charge in [0.05, 0.1) is 11.3 Å². The van der Waals surface area contributed by atoms with Crippen LogP contribution in [0.3, 0.4) is 0 Å². The minimum absolute atomic E-state index is 0.485. The summed E-state index contributed by atoms with van der Waals surface area (Å²) < 4.78 is 0.